The molecule has 3 amide bonds. The van der Waals surface area contributed by atoms with Crippen LogP contribution in [0.3, 0.4) is 0 Å². The molecular formula is C18H21N5O2. The summed E-state index contributed by atoms with van der Waals surface area (Å²) in [7, 11) is 0. The lowest BCUT2D eigenvalue weighted by Gasteiger charge is -2.12. The highest BCUT2D eigenvalue weighted by molar-refractivity contribution is 5.90. The molecule has 5 N–H and O–H groups in total. The Morgan fingerprint density at radius 2 is 1.76 bits per heavy atom. The molecular weight excluding hydrogens is 318 g/mol. The van der Waals surface area contributed by atoms with E-state index in [-0.39, 0.29) is 11.9 Å². The van der Waals surface area contributed by atoms with E-state index in [1.54, 1.807) is 18.5 Å². The molecule has 1 aromatic carbocycles. The summed E-state index contributed by atoms with van der Waals surface area (Å²) in [6, 6.07) is 10.7. The van der Waals surface area contributed by atoms with Crippen LogP contribution in [-0.2, 0) is 17.9 Å². The second kappa shape index (κ2) is 7.31. The Bertz CT molecular complexity index is 759. The zero-order chi connectivity index (χ0) is 17.7. The van der Waals surface area contributed by atoms with Gasteiger partial charge >= 0.3 is 6.03 Å². The van der Waals surface area contributed by atoms with Crippen LogP contribution in [0.4, 0.5) is 10.5 Å². The number of urea groups is 1. The Labute approximate surface area is 146 Å². The largest absolute Gasteiger partial charge is 0.350 e. The summed E-state index contributed by atoms with van der Waals surface area (Å²) in [6.07, 6.45) is 4.83. The molecule has 0 radical (unpaired) electrons. The minimum Gasteiger partial charge on any atom is -0.350 e. The fraction of sp³-hybridized carbons (Fsp3) is 0.278. The van der Waals surface area contributed by atoms with Gasteiger partial charge in [0.1, 0.15) is 0 Å². The van der Waals surface area contributed by atoms with Crippen molar-refractivity contribution in [1.82, 2.24) is 15.6 Å². The van der Waals surface area contributed by atoms with E-state index in [4.69, 9.17) is 5.73 Å². The van der Waals surface area contributed by atoms with E-state index in [0.717, 1.165) is 24.0 Å². The van der Waals surface area contributed by atoms with Gasteiger partial charge in [-0.25, -0.2) is 4.79 Å². The van der Waals surface area contributed by atoms with Crippen molar-refractivity contribution in [2.75, 3.05) is 5.32 Å². The molecule has 0 saturated heterocycles. The molecule has 130 valence electrons. The van der Waals surface area contributed by atoms with Gasteiger partial charge in [-0.3, -0.25) is 9.78 Å². The standard InChI is InChI=1S/C18H21N5O2/c19-18(6-7-18)16(24)21-12-14-2-1-3-15(10-14)23-17(25)22-11-13-4-8-20-9-5-13/h1-5,8-10H,6-7,11-12,19H2,(H,21,24)(H2,22,23,25). The summed E-state index contributed by atoms with van der Waals surface area (Å²) in [5.41, 5.74) is 7.70. The maximum atomic E-state index is 12.0. The predicted molar refractivity (Wildman–Crippen MR) is 94.5 cm³/mol. The van der Waals surface area contributed by atoms with Crippen molar-refractivity contribution >= 4 is 17.6 Å². The van der Waals surface area contributed by atoms with Crippen LogP contribution in [0.15, 0.2) is 48.8 Å². The van der Waals surface area contributed by atoms with Gasteiger partial charge in [0.2, 0.25) is 5.91 Å². The van der Waals surface area contributed by atoms with E-state index in [9.17, 15) is 9.59 Å². The second-order valence-electron chi connectivity index (χ2n) is 6.20. The van der Waals surface area contributed by atoms with Crippen molar-refractivity contribution in [3.8, 4) is 0 Å². The Morgan fingerprint density at radius 1 is 1.04 bits per heavy atom. The third-order valence-electron chi connectivity index (χ3n) is 4.08. The fourth-order valence-electron chi connectivity index (χ4n) is 2.34. The van der Waals surface area contributed by atoms with Gasteiger partial charge in [0.15, 0.2) is 0 Å². The predicted octanol–water partition coefficient (Wildman–Crippen LogP) is 1.51. The molecule has 1 saturated carbocycles. The van der Waals surface area contributed by atoms with Crippen LogP contribution in [0.5, 0.6) is 0 Å². The fourth-order valence-corrected chi connectivity index (χ4v) is 2.34. The van der Waals surface area contributed by atoms with E-state index in [2.05, 4.69) is 20.9 Å². The number of anilines is 1. The second-order valence-corrected chi connectivity index (χ2v) is 6.20. The third-order valence-corrected chi connectivity index (χ3v) is 4.08. The van der Waals surface area contributed by atoms with Gasteiger partial charge in [0, 0.05) is 31.2 Å². The summed E-state index contributed by atoms with van der Waals surface area (Å²) in [5.74, 6) is -0.124. The summed E-state index contributed by atoms with van der Waals surface area (Å²) in [5, 5.41) is 8.39. The summed E-state index contributed by atoms with van der Waals surface area (Å²) in [6.45, 7) is 0.800. The van der Waals surface area contributed by atoms with Crippen LogP contribution in [0.2, 0.25) is 0 Å². The van der Waals surface area contributed by atoms with Gasteiger partial charge in [0.25, 0.3) is 0 Å². The van der Waals surface area contributed by atoms with Crippen molar-refractivity contribution in [3.05, 3.63) is 59.9 Å². The highest BCUT2D eigenvalue weighted by atomic mass is 16.2. The van der Waals surface area contributed by atoms with Gasteiger partial charge in [-0.05, 0) is 48.2 Å². The third kappa shape index (κ3) is 4.77. The van der Waals surface area contributed by atoms with E-state index in [1.807, 2.05) is 30.3 Å². The van der Waals surface area contributed by atoms with E-state index in [1.165, 1.54) is 0 Å². The van der Waals surface area contributed by atoms with Gasteiger partial charge in [0.05, 0.1) is 5.54 Å². The zero-order valence-electron chi connectivity index (χ0n) is 13.8. The number of carbonyl (C=O) groups is 2. The molecule has 1 fully saturated rings. The minimum absolute atomic E-state index is 0.124. The van der Waals surface area contributed by atoms with Crippen LogP contribution in [0.25, 0.3) is 0 Å². The molecule has 7 heteroatoms. The molecule has 1 aliphatic carbocycles. The van der Waals surface area contributed by atoms with E-state index >= 15 is 0 Å². The van der Waals surface area contributed by atoms with Gasteiger partial charge in [-0.2, -0.15) is 0 Å². The molecule has 0 atom stereocenters. The number of aromatic nitrogens is 1. The molecule has 7 nitrogen and oxygen atoms in total. The zero-order valence-corrected chi connectivity index (χ0v) is 13.8. The average Bonchev–Trinajstić information content (AvgIpc) is 3.38. The summed E-state index contributed by atoms with van der Waals surface area (Å²) < 4.78 is 0. The number of hydrogen-bond acceptors (Lipinski definition) is 4. The number of nitrogens with two attached hydrogens (primary N) is 1. The van der Waals surface area contributed by atoms with E-state index in [0.29, 0.717) is 18.8 Å². The number of carbonyl (C=O) groups excluding carboxylic acids is 2. The molecule has 1 aliphatic rings. The summed E-state index contributed by atoms with van der Waals surface area (Å²) >= 11 is 0. The highest BCUT2D eigenvalue weighted by Gasteiger charge is 2.45. The van der Waals surface area contributed by atoms with Crippen molar-refractivity contribution in [2.24, 2.45) is 5.73 Å². The van der Waals surface area contributed by atoms with E-state index < -0.39 is 5.54 Å². The van der Waals surface area contributed by atoms with Crippen LogP contribution in [0, 0.1) is 0 Å². The Balaban J connectivity index is 1.49. The highest BCUT2D eigenvalue weighted by Crippen LogP contribution is 2.32. The lowest BCUT2D eigenvalue weighted by atomic mass is 10.2. The molecule has 0 spiro atoms. The van der Waals surface area contributed by atoms with Crippen molar-refractivity contribution < 1.29 is 9.59 Å². The van der Waals surface area contributed by atoms with Crippen molar-refractivity contribution in [3.63, 3.8) is 0 Å². The van der Waals surface area contributed by atoms with Crippen LogP contribution in [-0.4, -0.2) is 22.5 Å². The maximum Gasteiger partial charge on any atom is 0.319 e. The number of benzene rings is 1. The number of pyridine rings is 1. The molecule has 1 heterocycles. The van der Waals surface area contributed by atoms with Gasteiger partial charge in [-0.15, -0.1) is 0 Å². The topological polar surface area (TPSA) is 109 Å². The van der Waals surface area contributed by atoms with Gasteiger partial charge < -0.3 is 21.7 Å². The number of rotatable bonds is 6. The molecule has 0 unspecified atom stereocenters. The molecule has 0 bridgehead atoms. The SMILES string of the molecule is NC1(C(=O)NCc2cccc(NC(=O)NCc3ccncc3)c2)CC1. The monoisotopic (exact) mass is 339 g/mol. The first-order valence-electron chi connectivity index (χ1n) is 8.15. The van der Waals surface area contributed by atoms with Crippen LogP contribution >= 0.6 is 0 Å². The average molecular weight is 339 g/mol. The van der Waals surface area contributed by atoms with Crippen LogP contribution in [0.1, 0.15) is 24.0 Å². The lowest BCUT2D eigenvalue weighted by molar-refractivity contribution is -0.123. The lowest BCUT2D eigenvalue weighted by Crippen LogP contribution is -2.42. The minimum atomic E-state index is -0.678. The maximum absolute atomic E-state index is 12.0. The Hall–Kier alpha value is -2.93. The van der Waals surface area contributed by atoms with Gasteiger partial charge in [-0.1, -0.05) is 12.1 Å². The quantitative estimate of drug-likeness (QED) is 0.639. The van der Waals surface area contributed by atoms with Crippen molar-refractivity contribution in [2.45, 2.75) is 31.5 Å². The molecule has 3 rings (SSSR count). The first-order valence-corrected chi connectivity index (χ1v) is 8.15. The molecule has 0 aliphatic heterocycles. The normalized spacial score (nSPS) is 14.4. The number of nitrogens with zero attached hydrogens (tertiary/aromatic N) is 1. The first kappa shape index (κ1) is 16.9. The summed E-state index contributed by atoms with van der Waals surface area (Å²) in [4.78, 5) is 27.8. The van der Waals surface area contributed by atoms with Crippen LogP contribution < -0.4 is 21.7 Å². The Kier molecular flexibility index (Phi) is 4.95. The first-order chi connectivity index (χ1) is 12.0. The number of amides is 3. The molecule has 25 heavy (non-hydrogen) atoms. The Morgan fingerprint density at radius 3 is 2.48 bits per heavy atom. The number of nitrogens with one attached hydrogen (secondary N) is 3. The number of hydrogen-bond donors (Lipinski definition) is 4. The van der Waals surface area contributed by atoms with Crippen molar-refractivity contribution in [1.29, 1.82) is 0 Å². The molecule has 1 aromatic heterocycles. The molecule has 2 aromatic rings. The smallest absolute Gasteiger partial charge is 0.319 e.